The lowest BCUT2D eigenvalue weighted by molar-refractivity contribution is 0.348. The van der Waals surface area contributed by atoms with E-state index in [1.54, 1.807) is 0 Å². The molecular weight excluding hydrogens is 464 g/mol. The number of fused-ring (bicyclic) bond motifs is 5. The van der Waals surface area contributed by atoms with E-state index in [-0.39, 0.29) is 21.9 Å². The van der Waals surface area contributed by atoms with Gasteiger partial charge in [-0.2, -0.15) is 0 Å². The molecule has 0 radical (unpaired) electrons. The van der Waals surface area contributed by atoms with Crippen LogP contribution < -0.4 is 0 Å². The van der Waals surface area contributed by atoms with Crippen molar-refractivity contribution in [3.63, 3.8) is 0 Å². The molecule has 1 aromatic heterocycles. The first-order chi connectivity index (χ1) is 17.3. The van der Waals surface area contributed by atoms with Crippen molar-refractivity contribution in [1.82, 2.24) is 0 Å². The Hall–Kier alpha value is -4.98. The maximum Gasteiger partial charge on any atom is 0.208 e. The van der Waals surface area contributed by atoms with Crippen LogP contribution in [0.3, 0.4) is 0 Å². The van der Waals surface area contributed by atoms with Gasteiger partial charge < -0.3 is 40.2 Å². The molecule has 0 fully saturated rings. The predicted octanol–water partition coefficient (Wildman–Crippen LogP) is 6.52. The van der Waals surface area contributed by atoms with Crippen LogP contribution in [0.1, 0.15) is 13.8 Å². The molecule has 0 spiro atoms. The van der Waals surface area contributed by atoms with Crippen LogP contribution in [0, 0.1) is 0 Å². The number of phenols is 7. The summed E-state index contributed by atoms with van der Waals surface area (Å²) in [4.78, 5) is 0. The lowest BCUT2D eigenvalue weighted by atomic mass is 9.90. The van der Waals surface area contributed by atoms with Gasteiger partial charge in [0.05, 0.1) is 16.3 Å². The summed E-state index contributed by atoms with van der Waals surface area (Å²) < 4.78 is 5.79. The maximum atomic E-state index is 11.0. The molecule has 182 valence electrons. The van der Waals surface area contributed by atoms with Crippen LogP contribution in [0.2, 0.25) is 0 Å². The minimum Gasteiger partial charge on any atom is -0.504 e. The molecule has 7 N–H and O–H groups in total. The van der Waals surface area contributed by atoms with Crippen molar-refractivity contribution in [2.75, 3.05) is 0 Å². The van der Waals surface area contributed by atoms with Gasteiger partial charge in [-0.05, 0) is 27.6 Å². The lowest BCUT2D eigenvalue weighted by Gasteiger charge is -2.15. The monoisotopic (exact) mass is 486 g/mol. The third kappa shape index (κ3) is 2.88. The Bertz CT molecular complexity index is 1780. The highest BCUT2D eigenvalue weighted by molar-refractivity contribution is 6.24. The van der Waals surface area contributed by atoms with Crippen LogP contribution >= 0.6 is 0 Å². The quantitative estimate of drug-likeness (QED) is 0.0786. The van der Waals surface area contributed by atoms with E-state index < -0.39 is 45.8 Å². The van der Waals surface area contributed by atoms with Crippen LogP contribution in [0.4, 0.5) is 0 Å². The molecule has 0 amide bonds. The molecule has 0 unspecified atom stereocenters. The van der Waals surface area contributed by atoms with Gasteiger partial charge in [0.2, 0.25) is 23.0 Å². The Morgan fingerprint density at radius 2 is 0.917 bits per heavy atom. The van der Waals surface area contributed by atoms with Gasteiger partial charge >= 0.3 is 0 Å². The van der Waals surface area contributed by atoms with E-state index in [1.807, 2.05) is 68.4 Å². The molecule has 0 bridgehead atoms. The van der Waals surface area contributed by atoms with Gasteiger partial charge in [0, 0.05) is 5.56 Å². The zero-order valence-corrected chi connectivity index (χ0v) is 19.2. The van der Waals surface area contributed by atoms with E-state index >= 15 is 0 Å². The highest BCUT2D eigenvalue weighted by Crippen LogP contribution is 2.59. The molecule has 1 heterocycles. The summed E-state index contributed by atoms with van der Waals surface area (Å²) in [5.74, 6) is -6.20. The molecule has 0 aliphatic rings. The maximum absolute atomic E-state index is 11.0. The molecule has 0 atom stereocenters. The normalized spacial score (nSPS) is 11.3. The zero-order valence-electron chi connectivity index (χ0n) is 19.2. The molecule has 0 aliphatic carbocycles. The van der Waals surface area contributed by atoms with Crippen molar-refractivity contribution >= 4 is 43.5 Å². The number of benzene rings is 5. The largest absolute Gasteiger partial charge is 0.504 e. The summed E-state index contributed by atoms with van der Waals surface area (Å²) in [5, 5.41) is 75.7. The smallest absolute Gasteiger partial charge is 0.208 e. The van der Waals surface area contributed by atoms with E-state index in [0.717, 1.165) is 10.8 Å². The van der Waals surface area contributed by atoms with Crippen LogP contribution in [0.5, 0.6) is 40.2 Å². The number of aromatic hydroxyl groups is 7. The SMILES string of the molecule is CC.Oc1c(O)c(O)c2c(oc3c(-c4c5ccccc5cc5ccccc45)c(O)c(O)c(O)c32)c1O. The Morgan fingerprint density at radius 3 is 1.47 bits per heavy atom. The van der Waals surface area contributed by atoms with Crippen LogP contribution in [0.25, 0.3) is 54.6 Å². The summed E-state index contributed by atoms with van der Waals surface area (Å²) >= 11 is 0. The van der Waals surface area contributed by atoms with E-state index in [1.165, 1.54) is 0 Å². The second-order valence-electron chi connectivity index (χ2n) is 8.02. The van der Waals surface area contributed by atoms with Gasteiger partial charge in [0.25, 0.3) is 0 Å². The molecule has 0 saturated carbocycles. The summed E-state index contributed by atoms with van der Waals surface area (Å²) in [7, 11) is 0. The van der Waals surface area contributed by atoms with Crippen molar-refractivity contribution in [3.05, 3.63) is 54.6 Å². The van der Waals surface area contributed by atoms with E-state index in [9.17, 15) is 35.7 Å². The number of phenolic OH excluding ortho intramolecular Hbond substituents is 7. The minimum atomic E-state index is -1.03. The average molecular weight is 486 g/mol. The number of hydrogen-bond acceptors (Lipinski definition) is 8. The molecule has 0 saturated heterocycles. The average Bonchev–Trinajstić information content (AvgIpc) is 3.31. The van der Waals surface area contributed by atoms with Gasteiger partial charge in [-0.25, -0.2) is 0 Å². The number of hydrogen-bond donors (Lipinski definition) is 7. The van der Waals surface area contributed by atoms with Gasteiger partial charge in [0.15, 0.2) is 28.4 Å². The first kappa shape index (κ1) is 22.8. The van der Waals surface area contributed by atoms with Gasteiger partial charge in [-0.3, -0.25) is 0 Å². The molecule has 5 aromatic carbocycles. The standard InChI is InChI=1S/C26H16O8.C2H6/c27-18-15(14-12-7-3-1-5-10(12)9-11-6-2-4-8-13(11)14)25-16(19(28)21(18)30)17-20(29)22(31)23(32)24(33)26(17)34-25;1-2/h1-9,27-33H;1-2H3. The van der Waals surface area contributed by atoms with E-state index in [4.69, 9.17) is 4.42 Å². The van der Waals surface area contributed by atoms with Gasteiger partial charge in [-0.15, -0.1) is 0 Å². The van der Waals surface area contributed by atoms with Crippen molar-refractivity contribution in [3.8, 4) is 51.4 Å². The van der Waals surface area contributed by atoms with Crippen molar-refractivity contribution in [2.45, 2.75) is 13.8 Å². The van der Waals surface area contributed by atoms with Crippen LogP contribution in [-0.2, 0) is 0 Å². The van der Waals surface area contributed by atoms with E-state index in [2.05, 4.69) is 0 Å². The topological polar surface area (TPSA) is 155 Å². The molecule has 6 aromatic rings. The fourth-order valence-corrected chi connectivity index (χ4v) is 4.65. The highest BCUT2D eigenvalue weighted by atomic mass is 16.4. The fraction of sp³-hybridized carbons (Fsp3) is 0.0714. The summed E-state index contributed by atoms with van der Waals surface area (Å²) in [6.45, 7) is 4.00. The molecule has 0 aliphatic heterocycles. The summed E-state index contributed by atoms with van der Waals surface area (Å²) in [5.41, 5.74) is -0.168. The highest BCUT2D eigenvalue weighted by Gasteiger charge is 2.31. The van der Waals surface area contributed by atoms with Crippen molar-refractivity contribution < 1.29 is 40.2 Å². The van der Waals surface area contributed by atoms with Gasteiger partial charge in [0.1, 0.15) is 0 Å². The van der Waals surface area contributed by atoms with Crippen LogP contribution in [-0.4, -0.2) is 35.7 Å². The van der Waals surface area contributed by atoms with Crippen LogP contribution in [0.15, 0.2) is 59.0 Å². The molecular formula is C28H22O8. The number of furan rings is 1. The minimum absolute atomic E-state index is 0.00715. The molecule has 8 heteroatoms. The first-order valence-electron chi connectivity index (χ1n) is 11.2. The van der Waals surface area contributed by atoms with Crippen molar-refractivity contribution in [2.24, 2.45) is 0 Å². The zero-order chi connectivity index (χ0) is 25.9. The first-order valence-corrected chi connectivity index (χ1v) is 11.2. The molecule has 36 heavy (non-hydrogen) atoms. The van der Waals surface area contributed by atoms with Gasteiger partial charge in [-0.1, -0.05) is 62.4 Å². The Balaban J connectivity index is 0.00000130. The Labute approximate surface area is 203 Å². The third-order valence-electron chi connectivity index (χ3n) is 6.20. The third-order valence-corrected chi connectivity index (χ3v) is 6.20. The number of rotatable bonds is 1. The second kappa shape index (κ2) is 8.06. The second-order valence-corrected chi connectivity index (χ2v) is 8.02. The lowest BCUT2D eigenvalue weighted by Crippen LogP contribution is -1.88. The summed E-state index contributed by atoms with van der Waals surface area (Å²) in [6.07, 6.45) is 0. The van der Waals surface area contributed by atoms with E-state index in [0.29, 0.717) is 16.3 Å². The Morgan fingerprint density at radius 1 is 0.472 bits per heavy atom. The Kier molecular flexibility index (Phi) is 5.10. The molecule has 8 nitrogen and oxygen atoms in total. The van der Waals surface area contributed by atoms with Crippen molar-refractivity contribution in [1.29, 1.82) is 0 Å². The molecule has 6 rings (SSSR count). The fourth-order valence-electron chi connectivity index (χ4n) is 4.65. The predicted molar refractivity (Wildman–Crippen MR) is 137 cm³/mol. The summed E-state index contributed by atoms with van der Waals surface area (Å²) in [6, 6.07) is 16.7.